The van der Waals surface area contributed by atoms with Gasteiger partial charge in [0.15, 0.2) is 0 Å². The first kappa shape index (κ1) is 80.1. The maximum Gasteiger partial charge on any atom is 0.305 e. The molecule has 0 aromatic rings. The van der Waals surface area contributed by atoms with E-state index in [0.29, 0.717) is 19.4 Å². The number of hydrogen-bond acceptors (Lipinski definition) is 5. The summed E-state index contributed by atoms with van der Waals surface area (Å²) >= 11 is 0. The predicted molar refractivity (Wildman–Crippen MR) is 361 cm³/mol. The summed E-state index contributed by atoms with van der Waals surface area (Å²) in [5.41, 5.74) is 0. The van der Waals surface area contributed by atoms with Crippen LogP contribution in [0.15, 0.2) is 36.5 Å². The van der Waals surface area contributed by atoms with Crippen molar-refractivity contribution >= 4 is 11.9 Å². The quantitative estimate of drug-likeness (QED) is 0.0320. The molecule has 3 N–H and O–H groups in total. The molecule has 0 fully saturated rings. The second kappa shape index (κ2) is 71.6. The fraction of sp³-hybridized carbons (Fsp3) is 0.895. The zero-order valence-electron chi connectivity index (χ0n) is 55.5. The van der Waals surface area contributed by atoms with E-state index in [1.54, 1.807) is 6.08 Å². The molecule has 2 unspecified atom stereocenters. The smallest absolute Gasteiger partial charge is 0.305 e. The maximum atomic E-state index is 12.5. The molecule has 0 heterocycles. The zero-order valence-corrected chi connectivity index (χ0v) is 55.5. The maximum absolute atomic E-state index is 12.5. The van der Waals surface area contributed by atoms with Crippen LogP contribution >= 0.6 is 0 Å². The second-order valence-corrected chi connectivity index (χ2v) is 25.6. The normalized spacial score (nSPS) is 12.7. The van der Waals surface area contributed by atoms with E-state index >= 15 is 0 Å². The number of nitrogens with one attached hydrogen (secondary N) is 1. The van der Waals surface area contributed by atoms with Crippen molar-refractivity contribution in [1.82, 2.24) is 5.32 Å². The summed E-state index contributed by atoms with van der Waals surface area (Å²) in [6, 6.07) is -0.629. The molecular weight excluding hydrogens is 1010 g/mol. The first-order chi connectivity index (χ1) is 40.5. The molecule has 0 rings (SSSR count). The van der Waals surface area contributed by atoms with Crippen LogP contribution in [0.4, 0.5) is 0 Å². The number of aliphatic hydroxyl groups excluding tert-OH is 2. The number of esters is 1. The number of aliphatic hydroxyl groups is 2. The fourth-order valence-electron chi connectivity index (χ4n) is 11.7. The van der Waals surface area contributed by atoms with E-state index < -0.39 is 12.1 Å². The zero-order chi connectivity index (χ0) is 59.2. The van der Waals surface area contributed by atoms with Crippen LogP contribution in [0.25, 0.3) is 0 Å². The molecule has 0 saturated carbocycles. The van der Waals surface area contributed by atoms with Gasteiger partial charge in [-0.25, -0.2) is 0 Å². The van der Waals surface area contributed by atoms with Gasteiger partial charge in [-0.2, -0.15) is 0 Å². The molecule has 0 aromatic carbocycles. The van der Waals surface area contributed by atoms with Crippen LogP contribution in [0.3, 0.4) is 0 Å². The van der Waals surface area contributed by atoms with Crippen LogP contribution in [-0.2, 0) is 14.3 Å². The van der Waals surface area contributed by atoms with E-state index in [1.807, 2.05) is 6.08 Å². The van der Waals surface area contributed by atoms with Gasteiger partial charge in [-0.1, -0.05) is 352 Å². The Balaban J connectivity index is 3.40. The summed E-state index contributed by atoms with van der Waals surface area (Å²) < 4.78 is 5.50. The van der Waals surface area contributed by atoms with Crippen molar-refractivity contribution < 1.29 is 24.5 Å². The van der Waals surface area contributed by atoms with Gasteiger partial charge >= 0.3 is 5.97 Å². The molecule has 0 aliphatic heterocycles. The molecule has 6 heteroatoms. The monoisotopic (exact) mass is 1150 g/mol. The lowest BCUT2D eigenvalue weighted by Crippen LogP contribution is -2.45. The van der Waals surface area contributed by atoms with Crippen molar-refractivity contribution in [3.8, 4) is 0 Å². The van der Waals surface area contributed by atoms with Crippen molar-refractivity contribution in [1.29, 1.82) is 0 Å². The molecule has 0 aliphatic carbocycles. The van der Waals surface area contributed by atoms with Crippen molar-refractivity contribution in [2.75, 3.05) is 13.2 Å². The Kier molecular flexibility index (Phi) is 69.9. The third-order valence-electron chi connectivity index (χ3n) is 17.4. The minimum absolute atomic E-state index is 0.00871. The molecule has 484 valence electrons. The standard InChI is InChI=1S/C76H145NO5/c1-3-5-7-9-11-13-15-17-19-21-22-31-34-37-40-44-48-52-56-60-64-68-74(79)73(72-78)77-75(80)69-65-61-57-53-49-45-41-38-35-32-29-27-25-23-24-26-28-30-33-36-39-43-47-51-55-59-63-67-71-82-76(81)70-66-62-58-54-50-46-42-20-18-16-14-12-10-8-6-4-2/h20,23-24,42,64,68,73-74,78-79H,3-19,21-22,25-41,43-63,65-67,69-72H2,1-2H3,(H,77,80)/b24-23-,42-20-,68-64+. The highest BCUT2D eigenvalue weighted by molar-refractivity contribution is 5.76. The highest BCUT2D eigenvalue weighted by Crippen LogP contribution is 2.19. The first-order valence-corrected chi connectivity index (χ1v) is 37.3. The summed E-state index contributed by atoms with van der Waals surface area (Å²) in [5.74, 6) is -0.0553. The minimum Gasteiger partial charge on any atom is -0.466 e. The Morgan fingerprint density at radius 2 is 0.573 bits per heavy atom. The summed E-state index contributed by atoms with van der Waals surface area (Å²) in [7, 11) is 0. The van der Waals surface area contributed by atoms with E-state index in [1.165, 1.54) is 340 Å². The van der Waals surface area contributed by atoms with Crippen molar-refractivity contribution in [2.45, 2.75) is 424 Å². The number of hydrogen-bond donors (Lipinski definition) is 3. The first-order valence-electron chi connectivity index (χ1n) is 37.3. The van der Waals surface area contributed by atoms with Gasteiger partial charge in [0, 0.05) is 12.8 Å². The molecule has 0 bridgehead atoms. The van der Waals surface area contributed by atoms with Gasteiger partial charge in [0.05, 0.1) is 25.4 Å². The Morgan fingerprint density at radius 3 is 0.866 bits per heavy atom. The predicted octanol–water partition coefficient (Wildman–Crippen LogP) is 24.3. The fourth-order valence-corrected chi connectivity index (χ4v) is 11.7. The summed E-state index contributed by atoms with van der Waals surface area (Å²) in [6.07, 6.45) is 92.4. The topological polar surface area (TPSA) is 95.9 Å². The highest BCUT2D eigenvalue weighted by atomic mass is 16.5. The lowest BCUT2D eigenvalue weighted by Gasteiger charge is -2.20. The van der Waals surface area contributed by atoms with Gasteiger partial charge in [0.25, 0.3) is 0 Å². The number of allylic oxidation sites excluding steroid dienone is 5. The summed E-state index contributed by atoms with van der Waals surface area (Å²) in [5, 5.41) is 23.3. The van der Waals surface area contributed by atoms with Gasteiger partial charge in [0.1, 0.15) is 0 Å². The lowest BCUT2D eigenvalue weighted by molar-refractivity contribution is -0.143. The Bertz CT molecular complexity index is 1330. The minimum atomic E-state index is -0.846. The molecule has 2 atom stereocenters. The van der Waals surface area contributed by atoms with Gasteiger partial charge in [-0.05, 0) is 83.5 Å². The number of carbonyl (C=O) groups is 2. The number of amides is 1. The Labute approximate surface area is 513 Å². The third-order valence-corrected chi connectivity index (χ3v) is 17.4. The Hall–Kier alpha value is -1.92. The van der Waals surface area contributed by atoms with Crippen LogP contribution in [0.1, 0.15) is 412 Å². The number of ether oxygens (including phenoxy) is 1. The number of unbranched alkanes of at least 4 members (excludes halogenated alkanes) is 55. The number of rotatable bonds is 70. The van der Waals surface area contributed by atoms with Gasteiger partial charge < -0.3 is 20.3 Å². The average molecular weight is 1150 g/mol. The van der Waals surface area contributed by atoms with Crippen molar-refractivity contribution in [3.05, 3.63) is 36.5 Å². The van der Waals surface area contributed by atoms with E-state index in [-0.39, 0.29) is 18.5 Å². The third kappa shape index (κ3) is 67.2. The Morgan fingerprint density at radius 1 is 0.329 bits per heavy atom. The summed E-state index contributed by atoms with van der Waals surface area (Å²) in [6.45, 7) is 4.94. The van der Waals surface area contributed by atoms with Crippen molar-refractivity contribution in [2.24, 2.45) is 0 Å². The van der Waals surface area contributed by atoms with Crippen LogP contribution < -0.4 is 5.32 Å². The second-order valence-electron chi connectivity index (χ2n) is 25.6. The van der Waals surface area contributed by atoms with E-state index in [0.717, 1.165) is 44.9 Å². The number of carbonyl (C=O) groups excluding carboxylic acids is 2. The van der Waals surface area contributed by atoms with Crippen LogP contribution in [-0.4, -0.2) is 47.4 Å². The van der Waals surface area contributed by atoms with E-state index in [9.17, 15) is 19.8 Å². The van der Waals surface area contributed by atoms with Gasteiger partial charge in [-0.15, -0.1) is 0 Å². The molecule has 0 saturated heterocycles. The lowest BCUT2D eigenvalue weighted by atomic mass is 10.0. The van der Waals surface area contributed by atoms with Crippen LogP contribution in [0.5, 0.6) is 0 Å². The molecule has 0 radical (unpaired) electrons. The molecule has 82 heavy (non-hydrogen) atoms. The molecule has 0 aromatic heterocycles. The summed E-state index contributed by atoms with van der Waals surface area (Å²) in [4.78, 5) is 24.6. The largest absolute Gasteiger partial charge is 0.466 e. The molecule has 0 aliphatic rings. The van der Waals surface area contributed by atoms with Crippen molar-refractivity contribution in [3.63, 3.8) is 0 Å². The average Bonchev–Trinajstić information content (AvgIpc) is 3.48. The highest BCUT2D eigenvalue weighted by Gasteiger charge is 2.18. The van der Waals surface area contributed by atoms with E-state index in [4.69, 9.17) is 4.74 Å². The SMILES string of the molecule is CCCCCCCCC/C=C\CCCCCCCC(=O)OCCCCCCCCCCCCCC/C=C\CCCCCCCCCCCCCCC(=O)NC(CO)C(O)/C=C/CCCCCCCCCCCCCCCCCCCCC. The molecular formula is C76H145NO5. The van der Waals surface area contributed by atoms with Crippen LogP contribution in [0.2, 0.25) is 0 Å². The molecule has 6 nitrogen and oxygen atoms in total. The van der Waals surface area contributed by atoms with Gasteiger partial charge in [0.2, 0.25) is 5.91 Å². The van der Waals surface area contributed by atoms with Crippen LogP contribution in [0, 0.1) is 0 Å². The molecule has 0 spiro atoms. The molecule has 1 amide bonds. The van der Waals surface area contributed by atoms with Gasteiger partial charge in [-0.3, -0.25) is 9.59 Å². The van der Waals surface area contributed by atoms with E-state index in [2.05, 4.69) is 43.5 Å².